The van der Waals surface area contributed by atoms with E-state index < -0.39 is 10.9 Å². The van der Waals surface area contributed by atoms with Gasteiger partial charge in [-0.1, -0.05) is 42.5 Å². The number of hydrogen-bond donors (Lipinski definition) is 0. The molecular formula is C17H15NO4. The molecule has 0 aromatic heterocycles. The first-order chi connectivity index (χ1) is 10.6. The number of esters is 1. The van der Waals surface area contributed by atoms with Crippen molar-refractivity contribution in [1.82, 2.24) is 0 Å². The molecule has 0 fully saturated rings. The maximum atomic E-state index is 11.8. The molecule has 0 N–H and O–H groups in total. The van der Waals surface area contributed by atoms with Crippen molar-refractivity contribution >= 4 is 17.2 Å². The van der Waals surface area contributed by atoms with Crippen LogP contribution in [0.4, 0.5) is 5.69 Å². The number of carbonyl (C=O) groups excluding carboxylic acids is 1. The molecule has 0 heterocycles. The van der Waals surface area contributed by atoms with Crippen molar-refractivity contribution in [2.45, 2.75) is 6.92 Å². The molecule has 22 heavy (non-hydrogen) atoms. The van der Waals surface area contributed by atoms with E-state index in [-0.39, 0.29) is 12.3 Å². The van der Waals surface area contributed by atoms with Gasteiger partial charge in [-0.2, -0.15) is 0 Å². The molecule has 5 heteroatoms. The molecule has 2 aromatic carbocycles. The molecule has 0 spiro atoms. The first-order valence-electron chi connectivity index (χ1n) is 6.80. The largest absolute Gasteiger partial charge is 0.463 e. The van der Waals surface area contributed by atoms with Gasteiger partial charge in [0.1, 0.15) is 0 Å². The van der Waals surface area contributed by atoms with E-state index in [9.17, 15) is 14.9 Å². The van der Waals surface area contributed by atoms with Gasteiger partial charge in [0, 0.05) is 18.2 Å². The average Bonchev–Trinajstić information content (AvgIpc) is 2.54. The van der Waals surface area contributed by atoms with Gasteiger partial charge in [-0.05, 0) is 23.6 Å². The van der Waals surface area contributed by atoms with Crippen LogP contribution in [0.3, 0.4) is 0 Å². The number of rotatable bonds is 5. The molecule has 0 aliphatic rings. The van der Waals surface area contributed by atoms with E-state index in [1.165, 1.54) is 18.2 Å². The van der Waals surface area contributed by atoms with Crippen LogP contribution >= 0.6 is 0 Å². The molecule has 0 atom stereocenters. The van der Waals surface area contributed by atoms with E-state index in [2.05, 4.69) is 0 Å². The fourth-order valence-electron chi connectivity index (χ4n) is 2.04. The SMILES string of the molecule is CCOC(=O)/C=C(\c1ccccc1)c1cccc([N+](=O)[O-])c1. The summed E-state index contributed by atoms with van der Waals surface area (Å²) in [6.45, 7) is 1.99. The summed E-state index contributed by atoms with van der Waals surface area (Å²) in [4.78, 5) is 22.3. The molecule has 0 unspecified atom stereocenters. The molecule has 0 bridgehead atoms. The lowest BCUT2D eigenvalue weighted by Crippen LogP contribution is -2.02. The lowest BCUT2D eigenvalue weighted by Gasteiger charge is -2.08. The Morgan fingerprint density at radius 3 is 2.45 bits per heavy atom. The second-order valence-corrected chi connectivity index (χ2v) is 4.48. The summed E-state index contributed by atoms with van der Waals surface area (Å²) in [7, 11) is 0. The number of ether oxygens (including phenoxy) is 1. The van der Waals surface area contributed by atoms with Crippen molar-refractivity contribution in [3.05, 3.63) is 81.9 Å². The second kappa shape index (κ2) is 7.17. The molecule has 0 aliphatic heterocycles. The van der Waals surface area contributed by atoms with Crippen molar-refractivity contribution in [2.24, 2.45) is 0 Å². The van der Waals surface area contributed by atoms with E-state index in [0.29, 0.717) is 11.1 Å². The van der Waals surface area contributed by atoms with Crippen LogP contribution in [0.5, 0.6) is 0 Å². The van der Waals surface area contributed by atoms with Crippen LogP contribution in [0.2, 0.25) is 0 Å². The Morgan fingerprint density at radius 2 is 1.82 bits per heavy atom. The zero-order valence-electron chi connectivity index (χ0n) is 12.1. The maximum absolute atomic E-state index is 11.8. The van der Waals surface area contributed by atoms with Crippen molar-refractivity contribution in [2.75, 3.05) is 6.61 Å². The minimum absolute atomic E-state index is 0.0248. The minimum atomic E-state index is -0.479. The van der Waals surface area contributed by atoms with Crippen molar-refractivity contribution < 1.29 is 14.5 Å². The third kappa shape index (κ3) is 3.79. The van der Waals surface area contributed by atoms with Gasteiger partial charge >= 0.3 is 5.97 Å². The van der Waals surface area contributed by atoms with Crippen LogP contribution in [0.25, 0.3) is 5.57 Å². The second-order valence-electron chi connectivity index (χ2n) is 4.48. The molecular weight excluding hydrogens is 282 g/mol. The third-order valence-electron chi connectivity index (χ3n) is 3.00. The predicted octanol–water partition coefficient (Wildman–Crippen LogP) is 3.59. The zero-order chi connectivity index (χ0) is 15.9. The zero-order valence-corrected chi connectivity index (χ0v) is 12.1. The van der Waals surface area contributed by atoms with E-state index in [4.69, 9.17) is 4.74 Å². The summed E-state index contributed by atoms with van der Waals surface area (Å²) in [6, 6.07) is 15.4. The fourth-order valence-corrected chi connectivity index (χ4v) is 2.04. The molecule has 0 saturated carbocycles. The number of nitrogens with zero attached hydrogens (tertiary/aromatic N) is 1. The van der Waals surface area contributed by atoms with Gasteiger partial charge < -0.3 is 4.74 Å². The molecule has 5 nitrogen and oxygen atoms in total. The Balaban J connectivity index is 2.51. The van der Waals surface area contributed by atoms with Crippen LogP contribution in [-0.4, -0.2) is 17.5 Å². The number of benzene rings is 2. The highest BCUT2D eigenvalue weighted by atomic mass is 16.6. The average molecular weight is 297 g/mol. The van der Waals surface area contributed by atoms with E-state index in [1.54, 1.807) is 19.1 Å². The van der Waals surface area contributed by atoms with Crippen LogP contribution in [0.15, 0.2) is 60.7 Å². The Bertz CT molecular complexity index is 708. The van der Waals surface area contributed by atoms with Crippen molar-refractivity contribution in [3.63, 3.8) is 0 Å². The first-order valence-corrected chi connectivity index (χ1v) is 6.80. The van der Waals surface area contributed by atoms with Gasteiger partial charge in [0.2, 0.25) is 0 Å². The summed E-state index contributed by atoms with van der Waals surface area (Å²) in [6.07, 6.45) is 1.36. The van der Waals surface area contributed by atoms with Gasteiger partial charge in [0.15, 0.2) is 0 Å². The van der Waals surface area contributed by atoms with E-state index >= 15 is 0 Å². The van der Waals surface area contributed by atoms with E-state index in [1.807, 2.05) is 30.3 Å². The van der Waals surface area contributed by atoms with Crippen molar-refractivity contribution in [1.29, 1.82) is 0 Å². The first kappa shape index (κ1) is 15.4. The summed E-state index contributed by atoms with van der Waals surface area (Å²) in [5.41, 5.74) is 1.94. The highest BCUT2D eigenvalue weighted by molar-refractivity contribution is 5.96. The fraction of sp³-hybridized carbons (Fsp3) is 0.118. The standard InChI is InChI=1S/C17H15NO4/c1-2-22-17(19)12-16(13-7-4-3-5-8-13)14-9-6-10-15(11-14)18(20)21/h3-12H,2H2,1H3/b16-12+. The maximum Gasteiger partial charge on any atom is 0.331 e. The lowest BCUT2D eigenvalue weighted by atomic mass is 9.97. The summed E-state index contributed by atoms with van der Waals surface area (Å²) < 4.78 is 4.94. The normalized spacial score (nSPS) is 11.0. The van der Waals surface area contributed by atoms with Crippen molar-refractivity contribution in [3.8, 4) is 0 Å². The van der Waals surface area contributed by atoms with Crippen LogP contribution < -0.4 is 0 Å². The Morgan fingerprint density at radius 1 is 1.14 bits per heavy atom. The summed E-state index contributed by atoms with van der Waals surface area (Å²) in [5.74, 6) is -0.479. The van der Waals surface area contributed by atoms with Gasteiger partial charge in [0.25, 0.3) is 5.69 Å². The summed E-state index contributed by atoms with van der Waals surface area (Å²) in [5, 5.41) is 10.9. The van der Waals surface area contributed by atoms with Crippen LogP contribution in [0, 0.1) is 10.1 Å². The third-order valence-corrected chi connectivity index (χ3v) is 3.00. The quantitative estimate of drug-likeness (QED) is 0.366. The highest BCUT2D eigenvalue weighted by Crippen LogP contribution is 2.26. The topological polar surface area (TPSA) is 69.4 Å². The Labute approximate surface area is 128 Å². The van der Waals surface area contributed by atoms with Gasteiger partial charge in [0.05, 0.1) is 11.5 Å². The molecule has 0 radical (unpaired) electrons. The number of hydrogen-bond acceptors (Lipinski definition) is 4. The molecule has 112 valence electrons. The smallest absolute Gasteiger partial charge is 0.331 e. The highest BCUT2D eigenvalue weighted by Gasteiger charge is 2.12. The van der Waals surface area contributed by atoms with Crippen LogP contribution in [-0.2, 0) is 9.53 Å². The number of carbonyl (C=O) groups is 1. The molecule has 0 amide bonds. The summed E-state index contributed by atoms with van der Waals surface area (Å²) >= 11 is 0. The predicted molar refractivity (Wildman–Crippen MR) is 83.3 cm³/mol. The molecule has 2 aromatic rings. The minimum Gasteiger partial charge on any atom is -0.463 e. The van der Waals surface area contributed by atoms with Gasteiger partial charge in [-0.3, -0.25) is 10.1 Å². The number of nitro groups is 1. The Kier molecular flexibility index (Phi) is 5.03. The number of non-ortho nitro benzene ring substituents is 1. The molecule has 2 rings (SSSR count). The van der Waals surface area contributed by atoms with Gasteiger partial charge in [-0.15, -0.1) is 0 Å². The molecule has 0 aliphatic carbocycles. The number of nitro benzene ring substituents is 1. The van der Waals surface area contributed by atoms with E-state index in [0.717, 1.165) is 5.56 Å². The molecule has 0 saturated heterocycles. The van der Waals surface area contributed by atoms with Gasteiger partial charge in [-0.25, -0.2) is 4.79 Å². The monoisotopic (exact) mass is 297 g/mol. The van der Waals surface area contributed by atoms with Crippen LogP contribution in [0.1, 0.15) is 18.1 Å². The Hall–Kier alpha value is -2.95. The lowest BCUT2D eigenvalue weighted by molar-refractivity contribution is -0.384.